The number of aliphatic carboxylic acids is 4. The van der Waals surface area contributed by atoms with Gasteiger partial charge in [0.2, 0.25) is 0 Å². The summed E-state index contributed by atoms with van der Waals surface area (Å²) < 4.78 is 155. The zero-order valence-corrected chi connectivity index (χ0v) is 26.0. The first-order valence-corrected chi connectivity index (χ1v) is 13.4. The zero-order chi connectivity index (χ0) is 42.0. The highest BCUT2D eigenvalue weighted by molar-refractivity contribution is 5.74. The number of alkyl halides is 12. The van der Waals surface area contributed by atoms with Crippen molar-refractivity contribution in [3.05, 3.63) is 46.7 Å². The lowest BCUT2D eigenvalue weighted by Gasteiger charge is -2.44. The molecule has 1 aromatic heterocycles. The summed E-state index contributed by atoms with van der Waals surface area (Å²) in [6, 6.07) is 3.15. The van der Waals surface area contributed by atoms with E-state index in [2.05, 4.69) is 15.1 Å². The third-order valence-electron chi connectivity index (χ3n) is 6.39. The Morgan fingerprint density at radius 1 is 0.774 bits per heavy atom. The smallest absolute Gasteiger partial charge is 0.475 e. The molecule has 0 bridgehead atoms. The van der Waals surface area contributed by atoms with Gasteiger partial charge in [0.15, 0.2) is 0 Å². The fourth-order valence-corrected chi connectivity index (χ4v) is 4.20. The minimum atomic E-state index is -5.08. The number of H-pyrrole nitrogens is 1. The van der Waals surface area contributed by atoms with Crippen LogP contribution in [0, 0.1) is 11.6 Å². The number of hydrogen-bond donors (Lipinski definition) is 7. The molecule has 1 aromatic carbocycles. The van der Waals surface area contributed by atoms with Gasteiger partial charge < -0.3 is 31.9 Å². The second-order valence-electron chi connectivity index (χ2n) is 10.3. The number of carbonyl (C=O) groups is 4. The third-order valence-corrected chi connectivity index (χ3v) is 6.39. The molecule has 2 aliphatic heterocycles. The maximum Gasteiger partial charge on any atom is 0.490 e. The van der Waals surface area contributed by atoms with Gasteiger partial charge in [-0.05, 0) is 31.7 Å². The Hall–Kier alpha value is -4.99. The molecular formula is C25H26F14N6O8. The SMILES string of the molecule is CN1C[C@H](N2Cc3n[nH]c(N)c3C2)C[C@H](N)[C@H]1c1cc(F)ccc1F.O=C(O)C(F)(F)F.O=C(O)C(F)(F)F.O=C(O)C(F)(F)F.O=C(O)C(F)(F)F. The number of aromatic amines is 1. The molecule has 3 atom stereocenters. The minimum absolute atomic E-state index is 0.224. The second kappa shape index (κ2) is 18.7. The standard InChI is InChI=1S/C17H22F2N6.4C2HF3O2/c1-24-6-10(25-7-12-15(8-25)22-23-17(12)21)5-14(20)16(24)11-4-9(18)2-3-13(11)19;4*3-2(4,5)1(6)7/h2-4,10,14,16H,5-8,20H2,1H3,(H3,21,22,23);4*(H,6,7)/t10-,14+,16-;;;;/m1..../s1. The van der Waals surface area contributed by atoms with Gasteiger partial charge in [-0.15, -0.1) is 0 Å². The number of nitrogens with one attached hydrogen (secondary N) is 1. The largest absolute Gasteiger partial charge is 0.490 e. The van der Waals surface area contributed by atoms with Crippen LogP contribution >= 0.6 is 0 Å². The molecule has 28 heteroatoms. The van der Waals surface area contributed by atoms with E-state index in [1.165, 1.54) is 12.1 Å². The van der Waals surface area contributed by atoms with Crippen molar-refractivity contribution in [1.29, 1.82) is 0 Å². The molecule has 302 valence electrons. The molecular weight excluding hydrogens is 778 g/mol. The Morgan fingerprint density at radius 3 is 1.51 bits per heavy atom. The van der Waals surface area contributed by atoms with E-state index in [1.807, 2.05) is 11.9 Å². The molecule has 0 amide bonds. The lowest BCUT2D eigenvalue weighted by atomic mass is 9.88. The normalized spacial score (nSPS) is 19.0. The summed E-state index contributed by atoms with van der Waals surface area (Å²) in [5.74, 6) is -11.3. The maximum absolute atomic E-state index is 14.2. The molecule has 0 aliphatic carbocycles. The topological polar surface area (TPSA) is 236 Å². The first kappa shape index (κ1) is 48.0. The van der Waals surface area contributed by atoms with Gasteiger partial charge in [-0.25, -0.2) is 28.0 Å². The van der Waals surface area contributed by atoms with E-state index in [0.717, 1.165) is 37.0 Å². The molecule has 3 heterocycles. The number of likely N-dealkylation sites (tertiary alicyclic amines) is 1. The average Bonchev–Trinajstić information content (AvgIpc) is 3.55. The van der Waals surface area contributed by atoms with Gasteiger partial charge in [0, 0.05) is 42.8 Å². The van der Waals surface area contributed by atoms with Crippen LogP contribution in [0.15, 0.2) is 18.2 Å². The first-order chi connectivity index (χ1) is 23.7. The van der Waals surface area contributed by atoms with E-state index >= 15 is 0 Å². The number of carboxylic acid groups (broad SMARTS) is 4. The molecule has 2 aromatic rings. The van der Waals surface area contributed by atoms with E-state index in [-0.39, 0.29) is 18.1 Å². The van der Waals surface area contributed by atoms with Gasteiger partial charge in [-0.2, -0.15) is 57.8 Å². The molecule has 1 saturated heterocycles. The molecule has 4 rings (SSSR count). The Labute approximate surface area is 285 Å². The summed E-state index contributed by atoms with van der Waals surface area (Å²) >= 11 is 0. The van der Waals surface area contributed by atoms with Gasteiger partial charge in [0.05, 0.1) is 11.7 Å². The average molecular weight is 804 g/mol. The first-order valence-electron chi connectivity index (χ1n) is 13.4. The number of piperidine rings is 1. The summed E-state index contributed by atoms with van der Waals surface area (Å²) in [6.07, 6.45) is -19.6. The summed E-state index contributed by atoms with van der Waals surface area (Å²) in [4.78, 5) is 39.9. The highest BCUT2D eigenvalue weighted by Gasteiger charge is 2.41. The summed E-state index contributed by atoms with van der Waals surface area (Å²) in [7, 11) is 1.91. The van der Waals surface area contributed by atoms with Gasteiger partial charge in [0.1, 0.15) is 17.5 Å². The number of anilines is 1. The van der Waals surface area contributed by atoms with Crippen molar-refractivity contribution in [2.24, 2.45) is 5.73 Å². The van der Waals surface area contributed by atoms with Crippen LogP contribution in [-0.4, -0.2) is 115 Å². The van der Waals surface area contributed by atoms with Crippen molar-refractivity contribution >= 4 is 29.7 Å². The summed E-state index contributed by atoms with van der Waals surface area (Å²) in [5, 5.41) is 35.5. The van der Waals surface area contributed by atoms with E-state index in [9.17, 15) is 61.5 Å². The number of halogens is 14. The lowest BCUT2D eigenvalue weighted by Crippen LogP contribution is -2.54. The summed E-state index contributed by atoms with van der Waals surface area (Å²) in [5.41, 5.74) is 14.7. The van der Waals surface area contributed by atoms with Crippen molar-refractivity contribution in [3.63, 3.8) is 0 Å². The van der Waals surface area contributed by atoms with Crippen molar-refractivity contribution in [2.45, 2.75) is 62.3 Å². The predicted molar refractivity (Wildman–Crippen MR) is 145 cm³/mol. The number of hydrogen-bond acceptors (Lipinski definition) is 9. The van der Waals surface area contributed by atoms with Gasteiger partial charge in [-0.1, -0.05) is 0 Å². The minimum Gasteiger partial charge on any atom is -0.475 e. The number of rotatable bonds is 2. The Bertz CT molecular complexity index is 1450. The number of nitrogens with zero attached hydrogens (tertiary/aromatic N) is 3. The second-order valence-corrected chi connectivity index (χ2v) is 10.3. The van der Waals surface area contributed by atoms with Gasteiger partial charge in [-0.3, -0.25) is 14.9 Å². The van der Waals surface area contributed by atoms with E-state index in [4.69, 9.17) is 51.1 Å². The zero-order valence-electron chi connectivity index (χ0n) is 26.0. The molecule has 1 fully saturated rings. The third kappa shape index (κ3) is 16.1. The number of benzene rings is 1. The number of nitrogen functional groups attached to an aromatic ring is 1. The maximum atomic E-state index is 14.2. The van der Waals surface area contributed by atoms with Crippen LogP contribution < -0.4 is 11.5 Å². The van der Waals surface area contributed by atoms with Crippen LogP contribution in [0.3, 0.4) is 0 Å². The molecule has 9 N–H and O–H groups in total. The lowest BCUT2D eigenvalue weighted by molar-refractivity contribution is -0.193. The van der Waals surface area contributed by atoms with Crippen molar-refractivity contribution in [3.8, 4) is 0 Å². The monoisotopic (exact) mass is 804 g/mol. The van der Waals surface area contributed by atoms with Crippen molar-refractivity contribution in [2.75, 3.05) is 19.3 Å². The predicted octanol–water partition coefficient (Wildman–Crippen LogP) is 3.89. The molecule has 0 unspecified atom stereocenters. The van der Waals surface area contributed by atoms with Gasteiger partial charge in [0.25, 0.3) is 0 Å². The molecule has 0 radical (unpaired) electrons. The van der Waals surface area contributed by atoms with Crippen LogP contribution in [0.2, 0.25) is 0 Å². The van der Waals surface area contributed by atoms with Crippen LogP contribution in [0.25, 0.3) is 0 Å². The molecule has 0 spiro atoms. The van der Waals surface area contributed by atoms with Crippen LogP contribution in [0.4, 0.5) is 67.3 Å². The summed E-state index contributed by atoms with van der Waals surface area (Å²) in [6.45, 7) is 2.19. The number of carboxylic acids is 4. The number of fused-ring (bicyclic) bond motifs is 1. The number of likely N-dealkylation sites (N-methyl/N-ethyl adjacent to an activating group) is 1. The van der Waals surface area contributed by atoms with E-state index in [0.29, 0.717) is 17.8 Å². The fraction of sp³-hybridized carbons (Fsp3) is 0.480. The van der Waals surface area contributed by atoms with Crippen LogP contribution in [-0.2, 0) is 32.3 Å². The Morgan fingerprint density at radius 2 is 1.17 bits per heavy atom. The highest BCUT2D eigenvalue weighted by Crippen LogP contribution is 2.35. The quantitative estimate of drug-likeness (QED) is 0.214. The van der Waals surface area contributed by atoms with Crippen LogP contribution in [0.5, 0.6) is 0 Å². The Kier molecular flexibility index (Phi) is 16.9. The number of aromatic nitrogens is 2. The molecule has 53 heavy (non-hydrogen) atoms. The number of nitrogens with two attached hydrogens (primary N) is 2. The molecule has 14 nitrogen and oxygen atoms in total. The molecule has 0 saturated carbocycles. The van der Waals surface area contributed by atoms with Crippen LogP contribution in [0.1, 0.15) is 29.3 Å². The van der Waals surface area contributed by atoms with Crippen molar-refractivity contribution in [1.82, 2.24) is 20.0 Å². The molecule has 2 aliphatic rings. The van der Waals surface area contributed by atoms with Crippen molar-refractivity contribution < 1.29 is 101 Å². The van der Waals surface area contributed by atoms with E-state index in [1.54, 1.807) is 0 Å². The van der Waals surface area contributed by atoms with Gasteiger partial charge >= 0.3 is 48.6 Å². The Balaban J connectivity index is 0.000000791. The highest BCUT2D eigenvalue weighted by atomic mass is 19.4. The van der Waals surface area contributed by atoms with E-state index < -0.39 is 60.2 Å². The fourth-order valence-electron chi connectivity index (χ4n) is 4.20.